The number of amides is 2. The fraction of sp³-hybridized carbons (Fsp3) is 0.300. The number of ether oxygens (including phenoxy) is 2. The number of furan rings is 1. The van der Waals surface area contributed by atoms with E-state index in [0.29, 0.717) is 17.0 Å². The summed E-state index contributed by atoms with van der Waals surface area (Å²) in [5, 5.41) is 0. The summed E-state index contributed by atoms with van der Waals surface area (Å²) in [5.74, 6) is 0.751. The fourth-order valence-corrected chi connectivity index (χ4v) is 3.05. The number of benzene rings is 1. The number of hydrogen-bond donors (Lipinski definition) is 0. The predicted octanol–water partition coefficient (Wildman–Crippen LogP) is 3.34. The summed E-state index contributed by atoms with van der Waals surface area (Å²) in [7, 11) is 4.86. The molecular weight excluding hydrogens is 348 g/mol. The Hall–Kier alpha value is -3.22. The molecule has 1 aliphatic heterocycles. The van der Waals surface area contributed by atoms with E-state index in [2.05, 4.69) is 0 Å². The largest absolute Gasteiger partial charge is 0.497 e. The van der Waals surface area contributed by atoms with Crippen LogP contribution in [0.2, 0.25) is 0 Å². The van der Waals surface area contributed by atoms with Gasteiger partial charge < -0.3 is 23.7 Å². The van der Waals surface area contributed by atoms with Gasteiger partial charge in [-0.1, -0.05) is 12.1 Å². The summed E-state index contributed by atoms with van der Waals surface area (Å²) in [6.45, 7) is 1.84. The molecule has 27 heavy (non-hydrogen) atoms. The molecular formula is C20H22N2O5. The maximum Gasteiger partial charge on any atom is 0.338 e. The van der Waals surface area contributed by atoms with E-state index in [1.54, 1.807) is 52.4 Å². The lowest BCUT2D eigenvalue weighted by Crippen LogP contribution is -2.47. The van der Waals surface area contributed by atoms with E-state index in [4.69, 9.17) is 13.9 Å². The van der Waals surface area contributed by atoms with Gasteiger partial charge in [-0.2, -0.15) is 0 Å². The Balaban J connectivity index is 1.85. The van der Waals surface area contributed by atoms with Crippen LogP contribution in [-0.4, -0.2) is 43.0 Å². The van der Waals surface area contributed by atoms with Crippen molar-refractivity contribution >= 4 is 12.0 Å². The van der Waals surface area contributed by atoms with Gasteiger partial charge >= 0.3 is 12.0 Å². The van der Waals surface area contributed by atoms with Crippen LogP contribution in [-0.2, 0) is 16.1 Å². The van der Waals surface area contributed by atoms with Crippen LogP contribution in [0.5, 0.6) is 5.75 Å². The lowest BCUT2D eigenvalue weighted by atomic mass is 9.98. The van der Waals surface area contributed by atoms with Gasteiger partial charge in [0.25, 0.3) is 0 Å². The van der Waals surface area contributed by atoms with Crippen LogP contribution in [0.4, 0.5) is 4.79 Å². The Bertz CT molecular complexity index is 855. The van der Waals surface area contributed by atoms with Crippen LogP contribution in [0.1, 0.15) is 24.3 Å². The fourth-order valence-electron chi connectivity index (χ4n) is 3.05. The number of carbonyl (C=O) groups is 2. The molecule has 1 unspecified atom stereocenters. The molecule has 0 spiro atoms. The van der Waals surface area contributed by atoms with Crippen LogP contribution in [0, 0.1) is 0 Å². The number of likely N-dealkylation sites (N-methyl/N-ethyl adjacent to an activating group) is 1. The average molecular weight is 370 g/mol. The minimum atomic E-state index is -0.632. The average Bonchev–Trinajstić information content (AvgIpc) is 3.21. The zero-order valence-electron chi connectivity index (χ0n) is 15.8. The second-order valence-electron chi connectivity index (χ2n) is 6.29. The Morgan fingerprint density at radius 3 is 2.48 bits per heavy atom. The molecule has 7 heteroatoms. The second-order valence-corrected chi connectivity index (χ2v) is 6.29. The molecule has 2 amide bonds. The normalized spacial score (nSPS) is 17.3. The van der Waals surface area contributed by atoms with Crippen LogP contribution >= 0.6 is 0 Å². The molecule has 142 valence electrons. The second kappa shape index (κ2) is 7.57. The van der Waals surface area contributed by atoms with E-state index in [1.165, 1.54) is 16.1 Å². The number of urea groups is 1. The lowest BCUT2D eigenvalue weighted by molar-refractivity contribution is -0.141. The van der Waals surface area contributed by atoms with E-state index in [0.717, 1.165) is 11.3 Å². The van der Waals surface area contributed by atoms with Crippen molar-refractivity contribution < 1.29 is 23.5 Å². The molecule has 2 aromatic rings. The Morgan fingerprint density at radius 1 is 1.19 bits per heavy atom. The minimum absolute atomic E-state index is 0.117. The number of methoxy groups -OCH3 is 1. The number of esters is 1. The van der Waals surface area contributed by atoms with Crippen LogP contribution in [0.15, 0.2) is 58.3 Å². The third kappa shape index (κ3) is 3.53. The molecule has 0 saturated carbocycles. The number of carbonyl (C=O) groups excluding carboxylic acids is 2. The van der Waals surface area contributed by atoms with Crippen LogP contribution in [0.25, 0.3) is 0 Å². The quantitative estimate of drug-likeness (QED) is 0.755. The van der Waals surface area contributed by atoms with Crippen molar-refractivity contribution in [2.45, 2.75) is 19.6 Å². The van der Waals surface area contributed by atoms with E-state index in [1.807, 2.05) is 12.1 Å². The molecule has 1 aromatic heterocycles. The predicted molar refractivity (Wildman–Crippen MR) is 97.9 cm³/mol. The summed E-state index contributed by atoms with van der Waals surface area (Å²) in [6.07, 6.45) is 1.52. The lowest BCUT2D eigenvalue weighted by Gasteiger charge is -2.38. The molecule has 0 saturated heterocycles. The van der Waals surface area contributed by atoms with E-state index < -0.39 is 12.0 Å². The molecule has 1 atom stereocenters. The number of nitrogens with zero attached hydrogens (tertiary/aromatic N) is 2. The van der Waals surface area contributed by atoms with Crippen LogP contribution < -0.4 is 4.74 Å². The molecule has 2 heterocycles. The Labute approximate surface area is 157 Å². The molecule has 0 bridgehead atoms. The van der Waals surface area contributed by atoms with Gasteiger partial charge in [0.2, 0.25) is 0 Å². The van der Waals surface area contributed by atoms with E-state index >= 15 is 0 Å². The zero-order chi connectivity index (χ0) is 19.6. The minimum Gasteiger partial charge on any atom is -0.497 e. The summed E-state index contributed by atoms with van der Waals surface area (Å²) in [6, 6.07) is 9.89. The monoisotopic (exact) mass is 370 g/mol. The van der Waals surface area contributed by atoms with Crippen molar-refractivity contribution in [3.8, 4) is 5.75 Å². The summed E-state index contributed by atoms with van der Waals surface area (Å²) >= 11 is 0. The van der Waals surface area contributed by atoms with Gasteiger partial charge in [0.15, 0.2) is 0 Å². The standard InChI is InChI=1S/C20H22N2O5/c1-13-17(19(23)27-12-14-7-9-15(25-4)10-8-14)18(16-6-5-11-26-16)22(3)20(24)21(13)2/h5-11,18H,12H2,1-4H3. The summed E-state index contributed by atoms with van der Waals surface area (Å²) < 4.78 is 16.1. The van der Waals surface area contributed by atoms with E-state index in [9.17, 15) is 9.59 Å². The van der Waals surface area contributed by atoms with Gasteiger partial charge in [0, 0.05) is 19.8 Å². The summed E-state index contributed by atoms with van der Waals surface area (Å²) in [4.78, 5) is 28.3. The van der Waals surface area contributed by atoms with Gasteiger partial charge in [-0.15, -0.1) is 0 Å². The van der Waals surface area contributed by atoms with Gasteiger partial charge in [-0.05, 0) is 36.8 Å². The third-order valence-electron chi connectivity index (χ3n) is 4.70. The molecule has 1 aromatic carbocycles. The SMILES string of the molecule is COc1ccc(COC(=O)C2=C(C)N(C)C(=O)N(C)C2c2ccco2)cc1. The van der Waals surface area contributed by atoms with Crippen molar-refractivity contribution in [3.63, 3.8) is 0 Å². The Kier molecular flexibility index (Phi) is 5.21. The first-order valence-electron chi connectivity index (χ1n) is 8.48. The summed E-state index contributed by atoms with van der Waals surface area (Å²) in [5.41, 5.74) is 1.76. The molecule has 7 nitrogen and oxygen atoms in total. The molecule has 3 rings (SSSR count). The van der Waals surface area contributed by atoms with Crippen molar-refractivity contribution in [3.05, 3.63) is 65.3 Å². The Morgan fingerprint density at radius 2 is 1.89 bits per heavy atom. The first-order valence-corrected chi connectivity index (χ1v) is 8.48. The first kappa shape index (κ1) is 18.6. The van der Waals surface area contributed by atoms with Gasteiger partial charge in [-0.3, -0.25) is 0 Å². The highest BCUT2D eigenvalue weighted by Gasteiger charge is 2.40. The molecule has 0 N–H and O–H groups in total. The first-order chi connectivity index (χ1) is 12.9. The smallest absolute Gasteiger partial charge is 0.338 e. The molecule has 0 radical (unpaired) electrons. The highest BCUT2D eigenvalue weighted by molar-refractivity contribution is 5.94. The number of rotatable bonds is 5. The van der Waals surface area contributed by atoms with Gasteiger partial charge in [-0.25, -0.2) is 9.59 Å². The molecule has 0 fully saturated rings. The maximum absolute atomic E-state index is 12.9. The van der Waals surface area contributed by atoms with Crippen molar-refractivity contribution in [2.24, 2.45) is 0 Å². The van der Waals surface area contributed by atoms with Crippen molar-refractivity contribution in [2.75, 3.05) is 21.2 Å². The van der Waals surface area contributed by atoms with Crippen molar-refractivity contribution in [1.82, 2.24) is 9.80 Å². The molecule has 0 aliphatic carbocycles. The highest BCUT2D eigenvalue weighted by atomic mass is 16.5. The highest BCUT2D eigenvalue weighted by Crippen LogP contribution is 2.36. The van der Waals surface area contributed by atoms with Gasteiger partial charge in [0.1, 0.15) is 24.2 Å². The third-order valence-corrected chi connectivity index (χ3v) is 4.70. The van der Waals surface area contributed by atoms with Gasteiger partial charge in [0.05, 0.1) is 18.9 Å². The number of hydrogen-bond acceptors (Lipinski definition) is 5. The van der Waals surface area contributed by atoms with Crippen LogP contribution in [0.3, 0.4) is 0 Å². The van der Waals surface area contributed by atoms with Crippen molar-refractivity contribution in [1.29, 1.82) is 0 Å². The number of allylic oxidation sites excluding steroid dienone is 1. The maximum atomic E-state index is 12.9. The zero-order valence-corrected chi connectivity index (χ0v) is 15.8. The molecule has 1 aliphatic rings. The van der Waals surface area contributed by atoms with E-state index in [-0.39, 0.29) is 12.6 Å². The topological polar surface area (TPSA) is 72.2 Å².